The van der Waals surface area contributed by atoms with Gasteiger partial charge in [0.05, 0.1) is 21.6 Å². The maximum atomic E-state index is 12.4. The van der Waals surface area contributed by atoms with Gasteiger partial charge in [0.1, 0.15) is 0 Å². The largest absolute Gasteiger partial charge is 0.456 e. The number of aromatic nitrogens is 1. The van der Waals surface area contributed by atoms with Crippen molar-refractivity contribution >= 4 is 33.4 Å². The second kappa shape index (κ2) is 8.38. The second-order valence-electron chi connectivity index (χ2n) is 7.67. The first-order valence-corrected chi connectivity index (χ1v) is 10.8. The summed E-state index contributed by atoms with van der Waals surface area (Å²) in [6.45, 7) is 1.52. The summed E-state index contributed by atoms with van der Waals surface area (Å²) in [5, 5.41) is 0.929. The molecule has 1 aliphatic carbocycles. The van der Waals surface area contributed by atoms with Gasteiger partial charge in [0.25, 0.3) is 5.91 Å². The highest BCUT2D eigenvalue weighted by Crippen LogP contribution is 2.36. The average Bonchev–Trinajstić information content (AvgIpc) is 3.13. The lowest BCUT2D eigenvalue weighted by molar-refractivity contribution is -0.153. The Labute approximate surface area is 163 Å². The molecule has 27 heavy (non-hydrogen) atoms. The molecular weight excluding hydrogens is 360 g/mol. The van der Waals surface area contributed by atoms with Gasteiger partial charge >= 0.3 is 5.97 Å². The molecule has 0 bridgehead atoms. The minimum absolute atomic E-state index is 0.0487. The number of carbonyl (C=O) groups is 2. The zero-order valence-corrected chi connectivity index (χ0v) is 16.4. The summed E-state index contributed by atoms with van der Waals surface area (Å²) in [6, 6.07) is 7.95. The summed E-state index contributed by atoms with van der Waals surface area (Å²) in [5.74, 6) is 1.06. The summed E-state index contributed by atoms with van der Waals surface area (Å²) < 4.78 is 6.36. The van der Waals surface area contributed by atoms with Crippen LogP contribution in [0, 0.1) is 11.8 Å². The molecule has 2 heterocycles. The number of aryl methyl sites for hydroxylation is 1. The molecule has 5 nitrogen and oxygen atoms in total. The SMILES string of the molecule is O=C(CCc1nc2ccccc2s1)OCC(=O)N1CC[C@@H]2CCCC[C@@H]2C1. The lowest BCUT2D eigenvalue weighted by atomic mass is 9.75. The Morgan fingerprint density at radius 1 is 1.15 bits per heavy atom. The number of piperidine rings is 1. The van der Waals surface area contributed by atoms with E-state index in [-0.39, 0.29) is 24.9 Å². The molecule has 1 amide bonds. The van der Waals surface area contributed by atoms with Crippen LogP contribution in [0.3, 0.4) is 0 Å². The van der Waals surface area contributed by atoms with E-state index in [1.165, 1.54) is 25.7 Å². The van der Waals surface area contributed by atoms with Crippen LogP contribution >= 0.6 is 11.3 Å². The Morgan fingerprint density at radius 3 is 2.81 bits per heavy atom. The van der Waals surface area contributed by atoms with Gasteiger partial charge in [0, 0.05) is 19.5 Å². The third-order valence-electron chi connectivity index (χ3n) is 5.88. The number of nitrogens with zero attached hydrogens (tertiary/aromatic N) is 2. The standard InChI is InChI=1S/C21H26N2O3S/c24-20(23-12-11-15-5-1-2-6-16(15)13-23)14-26-21(25)10-9-19-22-17-7-3-4-8-18(17)27-19/h3-4,7-8,15-16H,1-2,5-6,9-14H2/t15-,16+/m0/s1. The third kappa shape index (κ3) is 4.49. The van der Waals surface area contributed by atoms with E-state index in [2.05, 4.69) is 4.98 Å². The van der Waals surface area contributed by atoms with E-state index in [4.69, 9.17) is 4.74 Å². The number of hydrogen-bond acceptors (Lipinski definition) is 5. The van der Waals surface area contributed by atoms with Crippen molar-refractivity contribution in [3.8, 4) is 0 Å². The highest BCUT2D eigenvalue weighted by atomic mass is 32.1. The predicted molar refractivity (Wildman–Crippen MR) is 106 cm³/mol. The molecule has 1 saturated heterocycles. The summed E-state index contributed by atoms with van der Waals surface area (Å²) in [6.07, 6.45) is 7.08. The van der Waals surface area contributed by atoms with Gasteiger partial charge < -0.3 is 9.64 Å². The molecule has 2 aromatic rings. The Hall–Kier alpha value is -1.95. The van der Waals surface area contributed by atoms with Gasteiger partial charge in [0.15, 0.2) is 6.61 Å². The van der Waals surface area contributed by atoms with Crippen molar-refractivity contribution in [2.75, 3.05) is 19.7 Å². The second-order valence-corrected chi connectivity index (χ2v) is 8.78. The fourth-order valence-electron chi connectivity index (χ4n) is 4.37. The molecule has 0 N–H and O–H groups in total. The van der Waals surface area contributed by atoms with E-state index < -0.39 is 0 Å². The van der Waals surface area contributed by atoms with Crippen molar-refractivity contribution in [1.29, 1.82) is 0 Å². The number of amides is 1. The minimum Gasteiger partial charge on any atom is -0.456 e. The van der Waals surface area contributed by atoms with Crippen molar-refractivity contribution in [1.82, 2.24) is 9.88 Å². The number of ether oxygens (including phenoxy) is 1. The molecule has 144 valence electrons. The van der Waals surface area contributed by atoms with E-state index >= 15 is 0 Å². The number of benzene rings is 1. The lowest BCUT2D eigenvalue weighted by Gasteiger charge is -2.41. The van der Waals surface area contributed by atoms with Crippen molar-refractivity contribution in [2.45, 2.75) is 44.9 Å². The highest BCUT2D eigenvalue weighted by Gasteiger charge is 2.33. The normalized spacial score (nSPS) is 22.4. The number of likely N-dealkylation sites (tertiary alicyclic amines) is 1. The van der Waals surface area contributed by atoms with Crippen LogP contribution < -0.4 is 0 Å². The van der Waals surface area contributed by atoms with Crippen LogP contribution in [-0.4, -0.2) is 41.5 Å². The third-order valence-corrected chi connectivity index (χ3v) is 6.98. The smallest absolute Gasteiger partial charge is 0.306 e. The number of para-hydroxylation sites is 1. The molecule has 1 aromatic carbocycles. The van der Waals surface area contributed by atoms with E-state index in [0.29, 0.717) is 12.3 Å². The van der Waals surface area contributed by atoms with Gasteiger partial charge in [-0.15, -0.1) is 11.3 Å². The summed E-state index contributed by atoms with van der Waals surface area (Å²) in [5.41, 5.74) is 0.965. The maximum absolute atomic E-state index is 12.4. The van der Waals surface area contributed by atoms with Crippen LogP contribution in [0.15, 0.2) is 24.3 Å². The fourth-order valence-corrected chi connectivity index (χ4v) is 5.34. The van der Waals surface area contributed by atoms with Gasteiger partial charge in [-0.05, 0) is 36.8 Å². The average molecular weight is 387 g/mol. The van der Waals surface area contributed by atoms with E-state index in [9.17, 15) is 9.59 Å². The summed E-state index contributed by atoms with van der Waals surface area (Å²) >= 11 is 1.60. The molecule has 1 aliphatic heterocycles. The summed E-state index contributed by atoms with van der Waals surface area (Å²) in [4.78, 5) is 30.9. The van der Waals surface area contributed by atoms with Gasteiger partial charge in [-0.3, -0.25) is 9.59 Å². The zero-order valence-electron chi connectivity index (χ0n) is 15.6. The van der Waals surface area contributed by atoms with Crippen molar-refractivity contribution in [3.63, 3.8) is 0 Å². The Bertz CT molecular complexity index is 786. The maximum Gasteiger partial charge on any atom is 0.306 e. The van der Waals surface area contributed by atoms with Crippen LogP contribution in [0.4, 0.5) is 0 Å². The van der Waals surface area contributed by atoms with E-state index in [0.717, 1.165) is 40.7 Å². The molecule has 6 heteroatoms. The van der Waals surface area contributed by atoms with E-state index in [1.807, 2.05) is 29.2 Å². The number of rotatable bonds is 5. The first kappa shape index (κ1) is 18.4. The highest BCUT2D eigenvalue weighted by molar-refractivity contribution is 7.18. The lowest BCUT2D eigenvalue weighted by Crippen LogP contribution is -2.46. The van der Waals surface area contributed by atoms with Gasteiger partial charge in [-0.25, -0.2) is 4.98 Å². The molecule has 0 spiro atoms. The fraction of sp³-hybridized carbons (Fsp3) is 0.571. The quantitative estimate of drug-likeness (QED) is 0.733. The van der Waals surface area contributed by atoms with E-state index in [1.54, 1.807) is 11.3 Å². The van der Waals surface area contributed by atoms with Crippen molar-refractivity contribution in [2.24, 2.45) is 11.8 Å². The molecule has 2 aliphatic rings. The van der Waals surface area contributed by atoms with Crippen molar-refractivity contribution < 1.29 is 14.3 Å². The molecule has 4 rings (SSSR count). The Balaban J connectivity index is 1.21. The Kier molecular flexibility index (Phi) is 5.72. The molecular formula is C21H26N2O3S. The zero-order chi connectivity index (χ0) is 18.6. The summed E-state index contributed by atoms with van der Waals surface area (Å²) in [7, 11) is 0. The topological polar surface area (TPSA) is 59.5 Å². The first-order chi connectivity index (χ1) is 13.2. The molecule has 1 aromatic heterocycles. The van der Waals surface area contributed by atoms with Crippen LogP contribution in [0.2, 0.25) is 0 Å². The first-order valence-electron chi connectivity index (χ1n) is 9.97. The minimum atomic E-state index is -0.324. The van der Waals surface area contributed by atoms with Crippen LogP contribution in [-0.2, 0) is 20.7 Å². The number of thiazole rings is 1. The monoisotopic (exact) mass is 386 g/mol. The van der Waals surface area contributed by atoms with Crippen LogP contribution in [0.1, 0.15) is 43.5 Å². The number of hydrogen-bond donors (Lipinski definition) is 0. The molecule has 0 radical (unpaired) electrons. The van der Waals surface area contributed by atoms with Crippen LogP contribution in [0.25, 0.3) is 10.2 Å². The van der Waals surface area contributed by atoms with Crippen molar-refractivity contribution in [3.05, 3.63) is 29.3 Å². The molecule has 2 fully saturated rings. The number of fused-ring (bicyclic) bond motifs is 2. The molecule has 2 atom stereocenters. The number of carbonyl (C=O) groups excluding carboxylic acids is 2. The molecule has 0 unspecified atom stereocenters. The predicted octanol–water partition coefficient (Wildman–Crippen LogP) is 3.81. The molecule has 1 saturated carbocycles. The Morgan fingerprint density at radius 2 is 1.96 bits per heavy atom. The van der Waals surface area contributed by atoms with Gasteiger partial charge in [0.2, 0.25) is 0 Å². The van der Waals surface area contributed by atoms with Crippen LogP contribution in [0.5, 0.6) is 0 Å². The number of esters is 1. The van der Waals surface area contributed by atoms with Gasteiger partial charge in [-0.2, -0.15) is 0 Å². The van der Waals surface area contributed by atoms with Gasteiger partial charge in [-0.1, -0.05) is 31.4 Å².